The number of aromatic amines is 1. The van der Waals surface area contributed by atoms with Gasteiger partial charge in [0.25, 0.3) is 5.56 Å². The SMILES string of the molecule is Nc1[nH]ncc1CNc1cnn(CC2CC2)c(=O)c1Br. The molecule has 0 aromatic carbocycles. The van der Waals surface area contributed by atoms with E-state index in [4.69, 9.17) is 5.73 Å². The Hall–Kier alpha value is -1.83. The van der Waals surface area contributed by atoms with Gasteiger partial charge in [0.2, 0.25) is 0 Å². The Kier molecular flexibility index (Phi) is 3.47. The molecular formula is C12H15BrN6O. The number of anilines is 2. The van der Waals surface area contributed by atoms with Crippen molar-refractivity contribution in [2.24, 2.45) is 5.92 Å². The van der Waals surface area contributed by atoms with Crippen LogP contribution in [0.2, 0.25) is 0 Å². The third kappa shape index (κ3) is 2.69. The summed E-state index contributed by atoms with van der Waals surface area (Å²) in [5, 5.41) is 13.8. The van der Waals surface area contributed by atoms with Crippen LogP contribution >= 0.6 is 15.9 Å². The maximum absolute atomic E-state index is 12.2. The molecule has 0 aliphatic heterocycles. The minimum absolute atomic E-state index is 0.109. The Bertz CT molecular complexity index is 675. The van der Waals surface area contributed by atoms with E-state index in [1.807, 2.05) is 0 Å². The van der Waals surface area contributed by atoms with Crippen LogP contribution in [0, 0.1) is 5.92 Å². The molecule has 0 spiro atoms. The molecule has 2 aromatic rings. The normalized spacial score (nSPS) is 14.4. The molecular weight excluding hydrogens is 324 g/mol. The van der Waals surface area contributed by atoms with Gasteiger partial charge < -0.3 is 11.1 Å². The van der Waals surface area contributed by atoms with Crippen molar-refractivity contribution in [3.63, 3.8) is 0 Å². The molecule has 7 nitrogen and oxygen atoms in total. The fraction of sp³-hybridized carbons (Fsp3) is 0.417. The topological polar surface area (TPSA) is 102 Å². The molecule has 1 fully saturated rings. The van der Waals surface area contributed by atoms with E-state index in [2.05, 4.69) is 36.5 Å². The van der Waals surface area contributed by atoms with Gasteiger partial charge in [-0.05, 0) is 34.7 Å². The molecule has 20 heavy (non-hydrogen) atoms. The lowest BCUT2D eigenvalue weighted by atomic mass is 10.3. The van der Waals surface area contributed by atoms with Crippen LogP contribution in [0.15, 0.2) is 21.7 Å². The molecule has 2 heterocycles. The van der Waals surface area contributed by atoms with Crippen LogP contribution in [-0.2, 0) is 13.1 Å². The molecule has 0 atom stereocenters. The van der Waals surface area contributed by atoms with E-state index >= 15 is 0 Å². The summed E-state index contributed by atoms with van der Waals surface area (Å²) in [4.78, 5) is 12.2. The fourth-order valence-corrected chi connectivity index (χ4v) is 2.36. The predicted octanol–water partition coefficient (Wildman–Crippen LogP) is 1.33. The second-order valence-corrected chi connectivity index (χ2v) is 5.76. The van der Waals surface area contributed by atoms with Crippen molar-refractivity contribution in [3.05, 3.63) is 32.8 Å². The van der Waals surface area contributed by atoms with E-state index in [0.717, 1.165) is 5.56 Å². The molecule has 4 N–H and O–H groups in total. The van der Waals surface area contributed by atoms with Crippen LogP contribution in [0.25, 0.3) is 0 Å². The number of nitrogens with two attached hydrogens (primary N) is 1. The first-order chi connectivity index (χ1) is 9.65. The summed E-state index contributed by atoms with van der Waals surface area (Å²) >= 11 is 3.33. The predicted molar refractivity (Wildman–Crippen MR) is 79.2 cm³/mol. The fourth-order valence-electron chi connectivity index (χ4n) is 1.92. The van der Waals surface area contributed by atoms with Crippen molar-refractivity contribution in [2.45, 2.75) is 25.9 Å². The van der Waals surface area contributed by atoms with Crippen molar-refractivity contribution in [1.29, 1.82) is 0 Å². The summed E-state index contributed by atoms with van der Waals surface area (Å²) in [5.41, 5.74) is 7.10. The highest BCUT2D eigenvalue weighted by molar-refractivity contribution is 9.10. The second-order valence-electron chi connectivity index (χ2n) is 4.97. The highest BCUT2D eigenvalue weighted by Gasteiger charge is 2.23. The minimum atomic E-state index is -0.109. The lowest BCUT2D eigenvalue weighted by Crippen LogP contribution is -2.25. The van der Waals surface area contributed by atoms with E-state index in [0.29, 0.717) is 35.0 Å². The third-order valence-corrected chi connectivity index (χ3v) is 4.10. The van der Waals surface area contributed by atoms with E-state index in [-0.39, 0.29) is 5.56 Å². The lowest BCUT2D eigenvalue weighted by molar-refractivity contribution is 0.532. The number of halogens is 1. The first-order valence-corrected chi connectivity index (χ1v) is 7.21. The summed E-state index contributed by atoms with van der Waals surface area (Å²) in [6.45, 7) is 1.18. The Morgan fingerprint density at radius 3 is 2.95 bits per heavy atom. The number of rotatable bonds is 5. The second kappa shape index (κ2) is 5.28. The Balaban J connectivity index is 1.75. The zero-order valence-corrected chi connectivity index (χ0v) is 12.4. The van der Waals surface area contributed by atoms with Crippen molar-refractivity contribution >= 4 is 27.4 Å². The van der Waals surface area contributed by atoms with Gasteiger partial charge in [-0.3, -0.25) is 9.89 Å². The zero-order valence-electron chi connectivity index (χ0n) is 10.8. The van der Waals surface area contributed by atoms with Crippen LogP contribution in [0.1, 0.15) is 18.4 Å². The van der Waals surface area contributed by atoms with E-state index < -0.39 is 0 Å². The molecule has 0 bridgehead atoms. The Labute approximate surface area is 123 Å². The molecule has 8 heteroatoms. The van der Waals surface area contributed by atoms with Gasteiger partial charge in [-0.2, -0.15) is 10.2 Å². The van der Waals surface area contributed by atoms with Gasteiger partial charge in [0.15, 0.2) is 0 Å². The number of nitrogens with zero attached hydrogens (tertiary/aromatic N) is 3. The van der Waals surface area contributed by atoms with Gasteiger partial charge in [-0.1, -0.05) is 0 Å². The van der Waals surface area contributed by atoms with Crippen LogP contribution in [0.3, 0.4) is 0 Å². The van der Waals surface area contributed by atoms with E-state index in [9.17, 15) is 4.79 Å². The monoisotopic (exact) mass is 338 g/mol. The van der Waals surface area contributed by atoms with Gasteiger partial charge in [0, 0.05) is 18.7 Å². The number of aromatic nitrogens is 4. The van der Waals surface area contributed by atoms with E-state index in [1.165, 1.54) is 17.5 Å². The Morgan fingerprint density at radius 2 is 2.30 bits per heavy atom. The molecule has 2 aromatic heterocycles. The summed E-state index contributed by atoms with van der Waals surface area (Å²) in [6.07, 6.45) is 5.68. The average Bonchev–Trinajstić information content (AvgIpc) is 3.16. The molecule has 0 radical (unpaired) electrons. The number of nitrogen functional groups attached to an aromatic ring is 1. The van der Waals surface area contributed by atoms with Crippen LogP contribution < -0.4 is 16.6 Å². The maximum Gasteiger partial charge on any atom is 0.283 e. The summed E-state index contributed by atoms with van der Waals surface area (Å²) in [7, 11) is 0. The largest absolute Gasteiger partial charge is 0.384 e. The molecule has 3 rings (SSSR count). The number of hydrogen-bond donors (Lipinski definition) is 3. The third-order valence-electron chi connectivity index (χ3n) is 3.33. The molecule has 106 valence electrons. The van der Waals surface area contributed by atoms with Crippen molar-refractivity contribution < 1.29 is 0 Å². The Morgan fingerprint density at radius 1 is 1.50 bits per heavy atom. The summed E-state index contributed by atoms with van der Waals surface area (Å²) in [6, 6.07) is 0. The van der Waals surface area contributed by atoms with Crippen LogP contribution in [0.4, 0.5) is 11.5 Å². The molecule has 0 saturated heterocycles. The number of nitrogens with one attached hydrogen (secondary N) is 2. The highest BCUT2D eigenvalue weighted by Crippen LogP contribution is 2.30. The molecule has 1 saturated carbocycles. The van der Waals surface area contributed by atoms with Gasteiger partial charge >= 0.3 is 0 Å². The van der Waals surface area contributed by atoms with Gasteiger partial charge in [-0.25, -0.2) is 4.68 Å². The average molecular weight is 339 g/mol. The van der Waals surface area contributed by atoms with Crippen molar-refractivity contribution in [3.8, 4) is 0 Å². The molecule has 1 aliphatic carbocycles. The summed E-state index contributed by atoms with van der Waals surface area (Å²) < 4.78 is 2.01. The smallest absolute Gasteiger partial charge is 0.283 e. The maximum atomic E-state index is 12.2. The van der Waals surface area contributed by atoms with Crippen LogP contribution in [0.5, 0.6) is 0 Å². The standard InChI is InChI=1S/C12H15BrN6O/c13-10-9(15-3-8-4-16-18-11(8)14)5-17-19(12(10)20)6-7-1-2-7/h4-5,7,15H,1-3,6H2,(H3,14,16,18). The molecule has 1 aliphatic rings. The number of hydrogen-bond acceptors (Lipinski definition) is 5. The first kappa shape index (κ1) is 13.2. The quantitative estimate of drug-likeness (QED) is 0.763. The summed E-state index contributed by atoms with van der Waals surface area (Å²) in [5.74, 6) is 1.13. The lowest BCUT2D eigenvalue weighted by Gasteiger charge is -2.09. The first-order valence-electron chi connectivity index (χ1n) is 6.42. The highest BCUT2D eigenvalue weighted by atomic mass is 79.9. The van der Waals surface area contributed by atoms with Gasteiger partial charge in [0.05, 0.1) is 18.1 Å². The van der Waals surface area contributed by atoms with Crippen molar-refractivity contribution in [2.75, 3.05) is 11.1 Å². The molecule has 0 amide bonds. The van der Waals surface area contributed by atoms with Gasteiger partial charge in [0.1, 0.15) is 10.3 Å². The number of H-pyrrole nitrogens is 1. The zero-order chi connectivity index (χ0) is 14.1. The molecule has 0 unspecified atom stereocenters. The van der Waals surface area contributed by atoms with Crippen molar-refractivity contribution in [1.82, 2.24) is 20.0 Å². The van der Waals surface area contributed by atoms with E-state index in [1.54, 1.807) is 12.4 Å². The van der Waals surface area contributed by atoms with Crippen LogP contribution in [-0.4, -0.2) is 20.0 Å². The minimum Gasteiger partial charge on any atom is -0.384 e. The van der Waals surface area contributed by atoms with Gasteiger partial charge in [-0.15, -0.1) is 0 Å².